The van der Waals surface area contributed by atoms with E-state index < -0.39 is 16.0 Å². The van der Waals surface area contributed by atoms with E-state index in [0.29, 0.717) is 23.3 Å². The molecular weight excluding hydrogens is 420 g/mol. The molecule has 6 nitrogen and oxygen atoms in total. The van der Waals surface area contributed by atoms with Crippen LogP contribution in [-0.2, 0) is 21.2 Å². The van der Waals surface area contributed by atoms with E-state index in [0.717, 1.165) is 16.0 Å². The molecule has 30 heavy (non-hydrogen) atoms. The van der Waals surface area contributed by atoms with E-state index in [9.17, 15) is 13.2 Å². The third kappa shape index (κ3) is 3.42. The highest BCUT2D eigenvalue weighted by atomic mass is 32.2. The van der Waals surface area contributed by atoms with Crippen molar-refractivity contribution in [1.82, 2.24) is 8.96 Å². The molecule has 0 unspecified atom stereocenters. The Morgan fingerprint density at radius 2 is 1.83 bits per heavy atom. The molecule has 2 aromatic heterocycles. The van der Waals surface area contributed by atoms with E-state index in [1.165, 1.54) is 34.6 Å². The minimum atomic E-state index is -4.11. The van der Waals surface area contributed by atoms with Crippen LogP contribution in [0.3, 0.4) is 0 Å². The summed E-state index contributed by atoms with van der Waals surface area (Å²) < 4.78 is 33.7. The number of fused-ring (bicyclic) bond motifs is 1. The van der Waals surface area contributed by atoms with E-state index in [4.69, 9.17) is 4.74 Å². The van der Waals surface area contributed by atoms with Crippen LogP contribution in [0, 0.1) is 13.8 Å². The molecule has 0 atom stereocenters. The van der Waals surface area contributed by atoms with Crippen molar-refractivity contribution < 1.29 is 17.9 Å². The van der Waals surface area contributed by atoms with Crippen LogP contribution >= 0.6 is 11.3 Å². The molecule has 0 bridgehead atoms. The minimum absolute atomic E-state index is 0.00671. The van der Waals surface area contributed by atoms with Crippen molar-refractivity contribution in [2.45, 2.75) is 25.2 Å². The van der Waals surface area contributed by atoms with E-state index in [2.05, 4.69) is 4.98 Å². The lowest BCUT2D eigenvalue weighted by molar-refractivity contribution is 0.0596. The molecule has 154 valence electrons. The van der Waals surface area contributed by atoms with Gasteiger partial charge in [0.2, 0.25) is 0 Å². The predicted molar refractivity (Wildman–Crippen MR) is 117 cm³/mol. The number of nitrogens with zero attached hydrogens (tertiary/aromatic N) is 2. The van der Waals surface area contributed by atoms with Gasteiger partial charge in [0.1, 0.15) is 10.7 Å². The first-order valence-electron chi connectivity index (χ1n) is 9.27. The Balaban J connectivity index is 2.01. The van der Waals surface area contributed by atoms with Crippen molar-refractivity contribution in [3.8, 4) is 0 Å². The largest absolute Gasteiger partial charge is 0.465 e. The van der Waals surface area contributed by atoms with Gasteiger partial charge in [-0.15, -0.1) is 11.3 Å². The summed E-state index contributed by atoms with van der Waals surface area (Å²) in [4.78, 5) is 17.8. The Bertz CT molecular complexity index is 1350. The highest BCUT2D eigenvalue weighted by Crippen LogP contribution is 2.29. The number of carbonyl (C=O) groups is 1. The highest BCUT2D eigenvalue weighted by Gasteiger charge is 2.29. The minimum Gasteiger partial charge on any atom is -0.465 e. The number of hydrogen-bond acceptors (Lipinski definition) is 6. The standard InChI is InChI=1S/C22H20N2O4S2/c1-14-11-18-19(12-15(14)2)24(21(23-18)13-16-7-6-10-29-16)30(26,27)20-9-5-4-8-17(20)22(25)28-3/h4-12H,13H2,1-3H3. The number of carbonyl (C=O) groups excluding carboxylic acids is 1. The fourth-order valence-electron chi connectivity index (χ4n) is 3.38. The Kier molecular flexibility index (Phi) is 5.21. The number of hydrogen-bond donors (Lipinski definition) is 0. The molecule has 2 aromatic carbocycles. The Morgan fingerprint density at radius 1 is 1.10 bits per heavy atom. The number of ether oxygens (including phenoxy) is 1. The summed E-state index contributed by atoms with van der Waals surface area (Å²) in [5.74, 6) is -0.303. The number of aromatic nitrogens is 2. The highest BCUT2D eigenvalue weighted by molar-refractivity contribution is 7.90. The quantitative estimate of drug-likeness (QED) is 0.432. The van der Waals surface area contributed by atoms with Crippen molar-refractivity contribution in [1.29, 1.82) is 0 Å². The smallest absolute Gasteiger partial charge is 0.339 e. The van der Waals surface area contributed by atoms with Gasteiger partial charge >= 0.3 is 5.97 Å². The summed E-state index contributed by atoms with van der Waals surface area (Å²) in [5.41, 5.74) is 3.07. The topological polar surface area (TPSA) is 78.3 Å². The number of aryl methyl sites for hydroxylation is 2. The molecular formula is C22H20N2O4S2. The molecule has 0 fully saturated rings. The third-order valence-electron chi connectivity index (χ3n) is 5.02. The summed E-state index contributed by atoms with van der Waals surface area (Å²) in [6, 6.07) is 13.6. The zero-order valence-electron chi connectivity index (χ0n) is 16.7. The van der Waals surface area contributed by atoms with Crippen molar-refractivity contribution >= 4 is 38.4 Å². The van der Waals surface area contributed by atoms with E-state index in [-0.39, 0.29) is 10.5 Å². The van der Waals surface area contributed by atoms with Crippen molar-refractivity contribution in [2.75, 3.05) is 7.11 Å². The van der Waals surface area contributed by atoms with E-state index >= 15 is 0 Å². The Hall–Kier alpha value is -2.97. The number of thiophene rings is 1. The summed E-state index contributed by atoms with van der Waals surface area (Å²) >= 11 is 1.54. The van der Waals surface area contributed by atoms with Gasteiger partial charge in [-0.25, -0.2) is 22.2 Å². The van der Waals surface area contributed by atoms with Gasteiger partial charge in [0.15, 0.2) is 0 Å². The first kappa shape index (κ1) is 20.3. The molecule has 0 spiro atoms. The molecule has 8 heteroatoms. The molecule has 2 heterocycles. The fourth-order valence-corrected chi connectivity index (χ4v) is 5.74. The van der Waals surface area contributed by atoms with Gasteiger partial charge in [-0.1, -0.05) is 18.2 Å². The zero-order chi connectivity index (χ0) is 21.5. The second kappa shape index (κ2) is 7.70. The lowest BCUT2D eigenvalue weighted by Crippen LogP contribution is -2.19. The van der Waals surface area contributed by atoms with Gasteiger partial charge in [0.25, 0.3) is 10.0 Å². The maximum Gasteiger partial charge on any atom is 0.339 e. The lowest BCUT2D eigenvalue weighted by Gasteiger charge is -2.13. The third-order valence-corrected chi connectivity index (χ3v) is 7.69. The maximum absolute atomic E-state index is 13.8. The number of rotatable bonds is 5. The number of imidazole rings is 1. The SMILES string of the molecule is COC(=O)c1ccccc1S(=O)(=O)n1c(Cc2cccs2)nc2cc(C)c(C)cc21. The molecule has 0 saturated carbocycles. The van der Waals surface area contributed by atoms with Gasteiger partial charge < -0.3 is 4.74 Å². The second-order valence-corrected chi connectivity index (χ2v) is 9.75. The molecule has 0 N–H and O–H groups in total. The number of benzene rings is 2. The second-order valence-electron chi connectivity index (χ2n) is 6.97. The van der Waals surface area contributed by atoms with Gasteiger partial charge in [-0.3, -0.25) is 0 Å². The molecule has 0 aliphatic heterocycles. The summed E-state index contributed by atoms with van der Waals surface area (Å²) in [7, 11) is -2.88. The van der Waals surface area contributed by atoms with Gasteiger partial charge in [-0.2, -0.15) is 0 Å². The number of methoxy groups -OCH3 is 1. The molecule has 0 radical (unpaired) electrons. The van der Waals surface area contributed by atoms with Crippen molar-refractivity contribution in [3.05, 3.63) is 81.3 Å². The number of esters is 1. The average molecular weight is 441 g/mol. The lowest BCUT2D eigenvalue weighted by atomic mass is 10.1. The van der Waals surface area contributed by atoms with Gasteiger partial charge in [0, 0.05) is 11.3 Å². The van der Waals surface area contributed by atoms with Crippen molar-refractivity contribution in [2.24, 2.45) is 0 Å². The van der Waals surface area contributed by atoms with Crippen LogP contribution in [0.1, 0.15) is 32.2 Å². The van der Waals surface area contributed by atoms with Crippen molar-refractivity contribution in [3.63, 3.8) is 0 Å². The fraction of sp³-hybridized carbons (Fsp3) is 0.182. The van der Waals surface area contributed by atoms with E-state index in [1.807, 2.05) is 43.5 Å². The van der Waals surface area contributed by atoms with Crippen LogP contribution in [0.25, 0.3) is 11.0 Å². The maximum atomic E-state index is 13.8. The van der Waals surface area contributed by atoms with Crippen LogP contribution in [-0.4, -0.2) is 30.5 Å². The van der Waals surface area contributed by atoms with Crippen LogP contribution < -0.4 is 0 Å². The van der Waals surface area contributed by atoms with Crippen LogP contribution in [0.2, 0.25) is 0 Å². The first-order valence-corrected chi connectivity index (χ1v) is 11.6. The monoisotopic (exact) mass is 440 g/mol. The predicted octanol–water partition coefficient (Wildman–Crippen LogP) is 4.33. The van der Waals surface area contributed by atoms with Crippen LogP contribution in [0.5, 0.6) is 0 Å². The molecule has 4 aromatic rings. The van der Waals surface area contributed by atoms with Gasteiger partial charge in [-0.05, 0) is 60.7 Å². The first-order chi connectivity index (χ1) is 14.3. The summed E-state index contributed by atoms with van der Waals surface area (Å²) in [5, 5.41) is 1.94. The normalized spacial score (nSPS) is 11.7. The molecule has 0 amide bonds. The molecule has 0 saturated heterocycles. The molecule has 0 aliphatic carbocycles. The summed E-state index contributed by atoms with van der Waals surface area (Å²) in [6.45, 7) is 3.90. The molecule has 4 rings (SSSR count). The molecule has 0 aliphatic rings. The zero-order valence-corrected chi connectivity index (χ0v) is 18.4. The Morgan fingerprint density at radius 3 is 2.53 bits per heavy atom. The van der Waals surface area contributed by atoms with Crippen LogP contribution in [0.15, 0.2) is 58.8 Å². The van der Waals surface area contributed by atoms with Crippen LogP contribution in [0.4, 0.5) is 0 Å². The average Bonchev–Trinajstić information content (AvgIpc) is 3.35. The Labute approximate surface area is 178 Å². The van der Waals surface area contributed by atoms with E-state index in [1.54, 1.807) is 12.1 Å². The van der Waals surface area contributed by atoms with Gasteiger partial charge in [0.05, 0.1) is 23.7 Å². The summed E-state index contributed by atoms with van der Waals surface area (Å²) in [6.07, 6.45) is 0.365.